The van der Waals surface area contributed by atoms with Crippen molar-refractivity contribution in [3.8, 4) is 0 Å². The molecule has 2 heterocycles. The van der Waals surface area contributed by atoms with Crippen LogP contribution in [-0.4, -0.2) is 31.1 Å². The first-order chi connectivity index (χ1) is 8.29. The summed E-state index contributed by atoms with van der Waals surface area (Å²) in [5.74, 6) is 1.00. The highest BCUT2D eigenvalue weighted by Crippen LogP contribution is 1.97. The zero-order chi connectivity index (χ0) is 12.1. The first-order valence-electron chi connectivity index (χ1n) is 5.84. The molecule has 0 aromatic carbocycles. The highest BCUT2D eigenvalue weighted by molar-refractivity contribution is 5.03. The Balaban J connectivity index is 1.71. The zero-order valence-corrected chi connectivity index (χ0v) is 10.3. The zero-order valence-electron chi connectivity index (χ0n) is 10.3. The van der Waals surface area contributed by atoms with Crippen LogP contribution in [0.5, 0.6) is 0 Å². The molecule has 1 N–H and O–H groups in total. The van der Waals surface area contributed by atoms with E-state index in [2.05, 4.69) is 33.7 Å². The second-order valence-corrected chi connectivity index (χ2v) is 3.99. The lowest BCUT2D eigenvalue weighted by Gasteiger charge is -2.02. The van der Waals surface area contributed by atoms with Crippen molar-refractivity contribution in [3.63, 3.8) is 0 Å². The molecule has 2 rings (SSSR count). The van der Waals surface area contributed by atoms with Crippen LogP contribution in [-0.2, 0) is 26.6 Å². The van der Waals surface area contributed by atoms with E-state index in [1.165, 1.54) is 5.56 Å². The van der Waals surface area contributed by atoms with Gasteiger partial charge in [0.1, 0.15) is 12.2 Å². The van der Waals surface area contributed by atoms with E-state index in [9.17, 15) is 0 Å². The van der Waals surface area contributed by atoms with Crippen molar-refractivity contribution in [1.29, 1.82) is 0 Å². The molecule has 92 valence electrons. The summed E-state index contributed by atoms with van der Waals surface area (Å²) in [7, 11) is 1.96. The van der Waals surface area contributed by atoms with Crippen LogP contribution >= 0.6 is 0 Å². The Labute approximate surface area is 101 Å². The summed E-state index contributed by atoms with van der Waals surface area (Å²) in [4.78, 5) is 0. The molecule has 0 radical (unpaired) electrons. The van der Waals surface area contributed by atoms with Gasteiger partial charge in [-0.05, 0) is 6.92 Å². The minimum atomic E-state index is 0.845. The molecule has 0 aliphatic carbocycles. The molecule has 0 bridgehead atoms. The van der Waals surface area contributed by atoms with Crippen LogP contribution in [0.1, 0.15) is 18.3 Å². The number of hydrogen-bond donors (Lipinski definition) is 1. The molecule has 0 atom stereocenters. The number of nitrogens with zero attached hydrogens (tertiary/aromatic N) is 5. The Morgan fingerprint density at radius 1 is 1.41 bits per heavy atom. The Hall–Kier alpha value is -1.69. The average molecular weight is 234 g/mol. The van der Waals surface area contributed by atoms with Crippen molar-refractivity contribution < 1.29 is 0 Å². The second-order valence-electron chi connectivity index (χ2n) is 3.99. The molecule has 2 aromatic heterocycles. The predicted molar refractivity (Wildman–Crippen MR) is 64.3 cm³/mol. The van der Waals surface area contributed by atoms with Crippen LogP contribution in [0.25, 0.3) is 0 Å². The van der Waals surface area contributed by atoms with E-state index in [-0.39, 0.29) is 0 Å². The van der Waals surface area contributed by atoms with Crippen LogP contribution < -0.4 is 5.32 Å². The normalized spacial score (nSPS) is 10.9. The monoisotopic (exact) mass is 234 g/mol. The summed E-state index contributed by atoms with van der Waals surface area (Å²) in [5.41, 5.74) is 1.21. The molecule has 0 aliphatic rings. The molecular weight excluding hydrogens is 216 g/mol. The number of nitrogens with one attached hydrogen (secondary N) is 1. The van der Waals surface area contributed by atoms with Crippen molar-refractivity contribution in [2.24, 2.45) is 7.05 Å². The van der Waals surface area contributed by atoms with E-state index in [1.807, 2.05) is 22.5 Å². The Bertz CT molecular complexity index is 458. The quantitative estimate of drug-likeness (QED) is 0.733. The molecule has 0 saturated carbocycles. The van der Waals surface area contributed by atoms with Gasteiger partial charge in [0, 0.05) is 44.9 Å². The average Bonchev–Trinajstić information content (AvgIpc) is 2.94. The molecule has 0 aliphatic heterocycles. The first kappa shape index (κ1) is 11.8. The number of rotatable bonds is 6. The maximum atomic E-state index is 4.23. The standard InChI is InChI=1S/C11H18N6/c1-3-17-8-10(7-14-17)6-12-5-4-11-15-13-9-16(11)2/h7-9,12H,3-6H2,1-2H3. The molecule has 0 amide bonds. The number of hydrogen-bond acceptors (Lipinski definition) is 4. The van der Waals surface area contributed by atoms with Crippen molar-refractivity contribution in [3.05, 3.63) is 30.1 Å². The van der Waals surface area contributed by atoms with Gasteiger partial charge < -0.3 is 9.88 Å². The minimum absolute atomic E-state index is 0.845. The largest absolute Gasteiger partial charge is 0.321 e. The fourth-order valence-electron chi connectivity index (χ4n) is 1.64. The van der Waals surface area contributed by atoms with Gasteiger partial charge in [-0.25, -0.2) is 0 Å². The van der Waals surface area contributed by atoms with Gasteiger partial charge in [-0.1, -0.05) is 0 Å². The van der Waals surface area contributed by atoms with Crippen LogP contribution in [0.2, 0.25) is 0 Å². The van der Waals surface area contributed by atoms with Gasteiger partial charge >= 0.3 is 0 Å². The van der Waals surface area contributed by atoms with Gasteiger partial charge in [-0.15, -0.1) is 10.2 Å². The third kappa shape index (κ3) is 3.13. The van der Waals surface area contributed by atoms with Crippen molar-refractivity contribution in [2.45, 2.75) is 26.4 Å². The Morgan fingerprint density at radius 2 is 2.29 bits per heavy atom. The van der Waals surface area contributed by atoms with Gasteiger partial charge in [-0.2, -0.15) is 5.10 Å². The number of aryl methyl sites for hydroxylation is 2. The SMILES string of the molecule is CCn1cc(CNCCc2nncn2C)cn1. The van der Waals surface area contributed by atoms with Crippen molar-refractivity contribution >= 4 is 0 Å². The summed E-state index contributed by atoms with van der Waals surface area (Å²) in [5, 5.41) is 15.5. The molecule has 0 saturated heterocycles. The maximum absolute atomic E-state index is 4.23. The van der Waals surface area contributed by atoms with E-state index in [0.29, 0.717) is 0 Å². The second kappa shape index (κ2) is 5.58. The van der Waals surface area contributed by atoms with Crippen LogP contribution in [0.3, 0.4) is 0 Å². The fourth-order valence-corrected chi connectivity index (χ4v) is 1.64. The molecule has 6 nitrogen and oxygen atoms in total. The molecule has 2 aromatic rings. The van der Waals surface area contributed by atoms with E-state index >= 15 is 0 Å². The smallest absolute Gasteiger partial charge is 0.133 e. The third-order valence-electron chi connectivity index (χ3n) is 2.67. The summed E-state index contributed by atoms with van der Waals surface area (Å²) in [6.45, 7) is 4.74. The number of aromatic nitrogens is 5. The third-order valence-corrected chi connectivity index (χ3v) is 2.67. The summed E-state index contributed by atoms with van der Waals surface area (Å²) < 4.78 is 3.87. The summed E-state index contributed by atoms with van der Waals surface area (Å²) in [6, 6.07) is 0. The maximum Gasteiger partial charge on any atom is 0.133 e. The van der Waals surface area contributed by atoms with E-state index in [4.69, 9.17) is 0 Å². The molecule has 6 heteroatoms. The highest BCUT2D eigenvalue weighted by Gasteiger charge is 2.00. The van der Waals surface area contributed by atoms with Crippen LogP contribution in [0, 0.1) is 0 Å². The Morgan fingerprint density at radius 3 is 2.94 bits per heavy atom. The first-order valence-corrected chi connectivity index (χ1v) is 5.84. The summed E-state index contributed by atoms with van der Waals surface area (Å²) in [6.07, 6.45) is 6.58. The predicted octanol–water partition coefficient (Wildman–Crippen LogP) is 0.364. The molecule has 0 fully saturated rings. The lowest BCUT2D eigenvalue weighted by atomic mass is 10.3. The van der Waals surface area contributed by atoms with E-state index < -0.39 is 0 Å². The molecule has 17 heavy (non-hydrogen) atoms. The molecular formula is C11H18N6. The Kier molecular flexibility index (Phi) is 3.87. The van der Waals surface area contributed by atoms with Crippen molar-refractivity contribution in [2.75, 3.05) is 6.54 Å². The summed E-state index contributed by atoms with van der Waals surface area (Å²) >= 11 is 0. The van der Waals surface area contributed by atoms with E-state index in [0.717, 1.165) is 31.9 Å². The van der Waals surface area contributed by atoms with Gasteiger partial charge in [0.2, 0.25) is 0 Å². The van der Waals surface area contributed by atoms with Gasteiger partial charge in [-0.3, -0.25) is 4.68 Å². The highest BCUT2D eigenvalue weighted by atomic mass is 15.3. The van der Waals surface area contributed by atoms with Crippen LogP contribution in [0.15, 0.2) is 18.7 Å². The van der Waals surface area contributed by atoms with Gasteiger partial charge in [0.25, 0.3) is 0 Å². The lowest BCUT2D eigenvalue weighted by Crippen LogP contribution is -2.17. The lowest BCUT2D eigenvalue weighted by molar-refractivity contribution is 0.646. The van der Waals surface area contributed by atoms with Gasteiger partial charge in [0.15, 0.2) is 0 Å². The topological polar surface area (TPSA) is 60.6 Å². The van der Waals surface area contributed by atoms with Crippen molar-refractivity contribution in [1.82, 2.24) is 29.9 Å². The van der Waals surface area contributed by atoms with Gasteiger partial charge in [0.05, 0.1) is 6.20 Å². The molecule has 0 unspecified atom stereocenters. The van der Waals surface area contributed by atoms with Crippen LogP contribution in [0.4, 0.5) is 0 Å². The molecule has 0 spiro atoms. The fraction of sp³-hybridized carbons (Fsp3) is 0.545. The minimum Gasteiger partial charge on any atom is -0.321 e. The van der Waals surface area contributed by atoms with E-state index in [1.54, 1.807) is 6.33 Å².